The standard InChI is InChI=1S/C55H81NO14/c1-17-41-33(4)45-34(5)43(69-53(9,10)70-45)31(2)29-54(11,60-15)47(68-52-46(40(56(13)14)28-32(3)62-52)66-50(58)38-24-20-18-21-25-38)35(6)44(36(7)49(57)64-41)65-42-30-55(12,61-16)48(37(8)63-42)67-51(59)39-26-22-19-23-27-39/h18-27,31-32,34-37,40-48,52H,4,17,28-30H2,1-3,5-16H3/t31-,32-,34+,35+,36-,37+,40+,41-,42+,43+,44+,45?,46-,47-,48+,52+,54+,55-/m1/s1. The lowest BCUT2D eigenvalue weighted by Crippen LogP contribution is -2.62. The molecule has 0 saturated carbocycles. The molecular formula is C55H81NO14. The zero-order valence-electron chi connectivity index (χ0n) is 44.2. The van der Waals surface area contributed by atoms with E-state index in [1.165, 1.54) is 0 Å². The zero-order valence-corrected chi connectivity index (χ0v) is 44.2. The molecule has 15 heteroatoms. The molecule has 0 spiro atoms. The smallest absolute Gasteiger partial charge is 0.338 e. The van der Waals surface area contributed by atoms with E-state index in [-0.39, 0.29) is 36.5 Å². The maximum Gasteiger partial charge on any atom is 0.338 e. The largest absolute Gasteiger partial charge is 0.457 e. The van der Waals surface area contributed by atoms with Gasteiger partial charge in [-0.25, -0.2) is 9.59 Å². The monoisotopic (exact) mass is 980 g/mol. The summed E-state index contributed by atoms with van der Waals surface area (Å²) in [6, 6.07) is 17.3. The molecule has 4 saturated heterocycles. The first-order valence-electron chi connectivity index (χ1n) is 25.1. The first-order chi connectivity index (χ1) is 33.0. The Morgan fingerprint density at radius 3 is 1.87 bits per heavy atom. The highest BCUT2D eigenvalue weighted by Gasteiger charge is 2.55. The van der Waals surface area contributed by atoms with Gasteiger partial charge >= 0.3 is 17.9 Å². The number of methoxy groups -OCH3 is 2. The molecule has 6 rings (SSSR count). The van der Waals surface area contributed by atoms with Gasteiger partial charge in [-0.05, 0) is 118 Å². The molecule has 4 fully saturated rings. The van der Waals surface area contributed by atoms with E-state index in [2.05, 4.69) is 20.4 Å². The summed E-state index contributed by atoms with van der Waals surface area (Å²) in [4.78, 5) is 44.3. The minimum absolute atomic E-state index is 0.126. The van der Waals surface area contributed by atoms with E-state index in [4.69, 9.17) is 52.1 Å². The average molecular weight is 980 g/mol. The Morgan fingerprint density at radius 2 is 1.31 bits per heavy atom. The molecule has 4 aliphatic rings. The molecule has 0 aliphatic carbocycles. The molecule has 0 radical (unpaired) electrons. The summed E-state index contributed by atoms with van der Waals surface area (Å²) >= 11 is 0. The molecule has 4 heterocycles. The zero-order chi connectivity index (χ0) is 51.5. The highest BCUT2D eigenvalue weighted by Crippen LogP contribution is 2.45. The molecule has 1 unspecified atom stereocenters. The Bertz CT molecular complexity index is 2070. The van der Waals surface area contributed by atoms with Gasteiger partial charge in [0, 0.05) is 32.5 Å². The van der Waals surface area contributed by atoms with Gasteiger partial charge in [-0.1, -0.05) is 70.7 Å². The molecule has 0 aromatic heterocycles. The number of esters is 3. The molecule has 70 heavy (non-hydrogen) atoms. The summed E-state index contributed by atoms with van der Waals surface area (Å²) in [6.07, 6.45) is -6.67. The molecule has 4 aliphatic heterocycles. The van der Waals surface area contributed by atoms with Crippen molar-refractivity contribution in [2.45, 2.75) is 192 Å². The number of hydrogen-bond donors (Lipinski definition) is 0. The number of nitrogens with zero attached hydrogens (tertiary/aromatic N) is 1. The summed E-state index contributed by atoms with van der Waals surface area (Å²) < 4.78 is 73.1. The Morgan fingerprint density at radius 1 is 0.743 bits per heavy atom. The third-order valence-corrected chi connectivity index (χ3v) is 15.2. The highest BCUT2D eigenvalue weighted by atomic mass is 16.7. The van der Waals surface area contributed by atoms with Crippen molar-refractivity contribution in [1.29, 1.82) is 0 Å². The predicted molar refractivity (Wildman–Crippen MR) is 262 cm³/mol. The van der Waals surface area contributed by atoms with E-state index in [9.17, 15) is 14.4 Å². The van der Waals surface area contributed by atoms with Crippen molar-refractivity contribution >= 4 is 17.9 Å². The lowest BCUT2D eigenvalue weighted by atomic mass is 9.74. The van der Waals surface area contributed by atoms with E-state index in [1.807, 2.05) is 79.6 Å². The number of ether oxygens (including phenoxy) is 11. The number of rotatable bonds is 12. The summed E-state index contributed by atoms with van der Waals surface area (Å²) in [6.45, 7) is 25.8. The van der Waals surface area contributed by atoms with Crippen molar-refractivity contribution in [3.05, 3.63) is 83.9 Å². The number of cyclic esters (lactones) is 1. The second-order valence-corrected chi connectivity index (χ2v) is 21.3. The van der Waals surface area contributed by atoms with Crippen LogP contribution in [-0.2, 0) is 56.9 Å². The van der Waals surface area contributed by atoms with E-state index in [0.29, 0.717) is 36.0 Å². The number of carbonyl (C=O) groups excluding carboxylic acids is 3. The van der Waals surface area contributed by atoms with Crippen LogP contribution in [0.4, 0.5) is 0 Å². The Hall–Kier alpha value is -3.77. The van der Waals surface area contributed by atoms with Crippen molar-refractivity contribution in [3.63, 3.8) is 0 Å². The van der Waals surface area contributed by atoms with Crippen LogP contribution in [0.15, 0.2) is 72.8 Å². The van der Waals surface area contributed by atoms with Crippen LogP contribution < -0.4 is 0 Å². The highest BCUT2D eigenvalue weighted by molar-refractivity contribution is 5.90. The van der Waals surface area contributed by atoms with E-state index in [0.717, 1.165) is 0 Å². The van der Waals surface area contributed by atoms with Gasteiger partial charge in [-0.15, -0.1) is 0 Å². The van der Waals surface area contributed by atoms with Gasteiger partial charge in [0.25, 0.3) is 0 Å². The molecule has 2 aromatic carbocycles. The summed E-state index contributed by atoms with van der Waals surface area (Å²) in [7, 11) is 7.10. The molecule has 15 nitrogen and oxygen atoms in total. The summed E-state index contributed by atoms with van der Waals surface area (Å²) in [5.41, 5.74) is -0.783. The molecule has 2 aromatic rings. The summed E-state index contributed by atoms with van der Waals surface area (Å²) in [5.74, 6) is -4.53. The Labute approximate surface area is 416 Å². The van der Waals surface area contributed by atoms with Crippen LogP contribution in [0.3, 0.4) is 0 Å². The van der Waals surface area contributed by atoms with Crippen LogP contribution in [0, 0.1) is 23.7 Å². The van der Waals surface area contributed by atoms with Crippen LogP contribution in [0.1, 0.15) is 123 Å². The number of hydrogen-bond acceptors (Lipinski definition) is 15. The predicted octanol–water partition coefficient (Wildman–Crippen LogP) is 8.56. The molecule has 0 N–H and O–H groups in total. The van der Waals surface area contributed by atoms with Gasteiger partial charge in [-0.2, -0.15) is 0 Å². The van der Waals surface area contributed by atoms with Crippen molar-refractivity contribution in [3.8, 4) is 0 Å². The fourth-order valence-electron chi connectivity index (χ4n) is 11.3. The van der Waals surface area contributed by atoms with Gasteiger partial charge in [0.15, 0.2) is 30.6 Å². The van der Waals surface area contributed by atoms with Crippen LogP contribution in [-0.4, -0.2) is 142 Å². The van der Waals surface area contributed by atoms with Gasteiger partial charge in [0.1, 0.15) is 11.7 Å². The van der Waals surface area contributed by atoms with Crippen LogP contribution in [0.25, 0.3) is 0 Å². The van der Waals surface area contributed by atoms with Gasteiger partial charge in [0.05, 0.1) is 65.3 Å². The SMILES string of the molecule is C=C1C2OC(C)(C)O[C@@H]([C@H](C)C[C@](C)(OC)[C@H](O[C@@H]3O[C@H](C)C[C@H](N(C)C)[C@H]3OC(=O)c3ccccc3)[C@@H](C)[C@H](O[C@H]3C[C@@](C)(OC)[C@@H](OC(=O)c4ccccc4)[C@H](C)O3)[C@@H](C)C(=O)O[C@@H]1CC)[C@@H]2C. The third-order valence-electron chi connectivity index (χ3n) is 15.2. The van der Waals surface area contributed by atoms with E-state index in [1.54, 1.807) is 76.6 Å². The maximum absolute atomic E-state index is 14.9. The first kappa shape index (κ1) is 55.5. The quantitative estimate of drug-likeness (QED) is 0.113. The fraction of sp³-hybridized carbons (Fsp3) is 0.691. The lowest BCUT2D eigenvalue weighted by molar-refractivity contribution is -0.330. The molecular weight excluding hydrogens is 899 g/mol. The minimum atomic E-state index is -1.14. The van der Waals surface area contributed by atoms with Crippen molar-refractivity contribution in [2.24, 2.45) is 23.7 Å². The van der Waals surface area contributed by atoms with Gasteiger partial charge < -0.3 is 57.0 Å². The number of carbonyl (C=O) groups is 3. The third kappa shape index (κ3) is 12.3. The van der Waals surface area contributed by atoms with Crippen LogP contribution in [0.5, 0.6) is 0 Å². The van der Waals surface area contributed by atoms with Crippen molar-refractivity contribution in [2.75, 3.05) is 28.3 Å². The van der Waals surface area contributed by atoms with E-state index < -0.39 is 102 Å². The van der Waals surface area contributed by atoms with Crippen LogP contribution >= 0.6 is 0 Å². The second-order valence-electron chi connectivity index (χ2n) is 21.3. The first-order valence-corrected chi connectivity index (χ1v) is 25.1. The van der Waals surface area contributed by atoms with Gasteiger partial charge in [0.2, 0.25) is 0 Å². The number of likely N-dealkylation sites (N-methyl/N-ethyl adjacent to an activating group) is 1. The molecule has 0 amide bonds. The summed E-state index contributed by atoms with van der Waals surface area (Å²) in [5, 5.41) is 0. The van der Waals surface area contributed by atoms with E-state index >= 15 is 0 Å². The normalized spacial score (nSPS) is 39.6. The second kappa shape index (κ2) is 23.0. The lowest BCUT2D eigenvalue weighted by Gasteiger charge is -2.52. The maximum atomic E-state index is 14.9. The van der Waals surface area contributed by atoms with Crippen molar-refractivity contribution < 1.29 is 66.5 Å². The number of fused-ring (bicyclic) bond motifs is 2. The minimum Gasteiger partial charge on any atom is -0.457 e. The Kier molecular flexibility index (Phi) is 18.2. The molecule has 390 valence electrons. The number of benzene rings is 2. The average Bonchev–Trinajstić information content (AvgIpc) is 3.33. The molecule has 18 atom stereocenters. The Balaban J connectivity index is 1.45. The van der Waals surface area contributed by atoms with Crippen LogP contribution in [0.2, 0.25) is 0 Å². The topological polar surface area (TPSA) is 156 Å². The van der Waals surface area contributed by atoms with Crippen molar-refractivity contribution in [1.82, 2.24) is 4.90 Å². The molecule has 2 bridgehead atoms. The van der Waals surface area contributed by atoms with Gasteiger partial charge in [-0.3, -0.25) is 4.79 Å². The fourth-order valence-corrected chi connectivity index (χ4v) is 11.3.